The molecule has 0 bridgehead atoms. The van der Waals surface area contributed by atoms with Crippen molar-refractivity contribution in [3.8, 4) is 5.75 Å². The van der Waals surface area contributed by atoms with E-state index in [0.717, 1.165) is 16.0 Å². The zero-order valence-electron chi connectivity index (χ0n) is 10.3. The molecule has 0 radical (unpaired) electrons. The van der Waals surface area contributed by atoms with E-state index in [1.165, 1.54) is 6.07 Å². The molecule has 3 nitrogen and oxygen atoms in total. The van der Waals surface area contributed by atoms with Crippen molar-refractivity contribution in [2.75, 3.05) is 0 Å². The summed E-state index contributed by atoms with van der Waals surface area (Å²) in [6.45, 7) is -0.849. The second-order valence-electron chi connectivity index (χ2n) is 4.02. The van der Waals surface area contributed by atoms with Crippen molar-refractivity contribution in [3.05, 3.63) is 51.7 Å². The van der Waals surface area contributed by atoms with Crippen LogP contribution in [0.2, 0.25) is 0 Å². The normalized spacial score (nSPS) is 12.7. The number of nitrogens with one attached hydrogen (secondary N) is 1. The van der Waals surface area contributed by atoms with E-state index < -0.39 is 6.61 Å². The van der Waals surface area contributed by atoms with Crippen molar-refractivity contribution in [1.82, 2.24) is 5.43 Å². The van der Waals surface area contributed by atoms with Crippen molar-refractivity contribution in [1.29, 1.82) is 0 Å². The average Bonchev–Trinajstić information content (AvgIpc) is 2.77. The molecule has 0 aliphatic carbocycles. The summed E-state index contributed by atoms with van der Waals surface area (Å²) >= 11 is 1.57. The predicted molar refractivity (Wildman–Crippen MR) is 71.3 cm³/mol. The third kappa shape index (κ3) is 3.28. The molecule has 0 aliphatic rings. The van der Waals surface area contributed by atoms with E-state index in [2.05, 4.69) is 10.2 Å². The number of thiophene rings is 1. The van der Waals surface area contributed by atoms with Crippen molar-refractivity contribution in [2.45, 2.75) is 19.6 Å². The minimum Gasteiger partial charge on any atom is -0.435 e. The molecule has 0 spiro atoms. The van der Waals surface area contributed by atoms with Gasteiger partial charge in [-0.05, 0) is 41.6 Å². The van der Waals surface area contributed by atoms with Crippen LogP contribution in [-0.2, 0) is 0 Å². The summed E-state index contributed by atoms with van der Waals surface area (Å²) in [5.41, 5.74) is 4.60. The van der Waals surface area contributed by atoms with E-state index >= 15 is 0 Å². The van der Waals surface area contributed by atoms with Crippen LogP contribution in [0.1, 0.15) is 22.0 Å². The van der Waals surface area contributed by atoms with Gasteiger partial charge in [-0.25, -0.2) is 5.43 Å². The van der Waals surface area contributed by atoms with Crippen molar-refractivity contribution in [2.24, 2.45) is 5.84 Å². The molecule has 0 saturated heterocycles. The highest BCUT2D eigenvalue weighted by Crippen LogP contribution is 2.30. The van der Waals surface area contributed by atoms with Crippen LogP contribution in [0, 0.1) is 6.92 Å². The quantitative estimate of drug-likeness (QED) is 0.654. The van der Waals surface area contributed by atoms with Crippen LogP contribution < -0.4 is 16.0 Å². The van der Waals surface area contributed by atoms with Crippen molar-refractivity contribution >= 4 is 11.3 Å². The Hall–Kier alpha value is -1.50. The highest BCUT2D eigenvalue weighted by molar-refractivity contribution is 7.10. The lowest BCUT2D eigenvalue weighted by Crippen LogP contribution is -2.28. The fourth-order valence-corrected chi connectivity index (χ4v) is 2.89. The zero-order valence-corrected chi connectivity index (χ0v) is 11.1. The van der Waals surface area contributed by atoms with Gasteiger partial charge in [0, 0.05) is 4.88 Å². The molecule has 0 aliphatic heterocycles. The molecule has 1 aromatic carbocycles. The monoisotopic (exact) mass is 284 g/mol. The van der Waals surface area contributed by atoms with Crippen LogP contribution in [0.15, 0.2) is 35.7 Å². The number of rotatable bonds is 5. The minimum atomic E-state index is -2.83. The van der Waals surface area contributed by atoms with E-state index in [-0.39, 0.29) is 11.8 Å². The van der Waals surface area contributed by atoms with Crippen LogP contribution in [0.25, 0.3) is 0 Å². The van der Waals surface area contributed by atoms with Gasteiger partial charge < -0.3 is 4.74 Å². The third-order valence-electron chi connectivity index (χ3n) is 2.75. The number of benzene rings is 1. The number of hydrogen-bond donors (Lipinski definition) is 2. The van der Waals surface area contributed by atoms with E-state index in [1.807, 2.05) is 24.4 Å². The molecule has 1 aromatic heterocycles. The minimum absolute atomic E-state index is 0.127. The molecular weight excluding hydrogens is 270 g/mol. The molecule has 102 valence electrons. The Morgan fingerprint density at radius 1 is 1.32 bits per heavy atom. The largest absolute Gasteiger partial charge is 0.435 e. The zero-order chi connectivity index (χ0) is 13.8. The fourth-order valence-electron chi connectivity index (χ4n) is 1.87. The van der Waals surface area contributed by atoms with E-state index in [1.54, 1.807) is 23.5 Å². The van der Waals surface area contributed by atoms with Crippen LogP contribution in [0.3, 0.4) is 0 Å². The second-order valence-corrected chi connectivity index (χ2v) is 4.97. The predicted octanol–water partition coefficient (Wildman–Crippen LogP) is 3.21. The summed E-state index contributed by atoms with van der Waals surface area (Å²) < 4.78 is 28.8. The molecule has 1 atom stereocenters. The van der Waals surface area contributed by atoms with Crippen LogP contribution in [0.4, 0.5) is 8.78 Å². The number of nitrogens with two attached hydrogens (primary N) is 1. The average molecular weight is 284 g/mol. The molecule has 6 heteroatoms. The molecule has 2 rings (SSSR count). The first-order chi connectivity index (χ1) is 9.11. The highest BCUT2D eigenvalue weighted by Gasteiger charge is 2.17. The van der Waals surface area contributed by atoms with Gasteiger partial charge >= 0.3 is 6.61 Å². The van der Waals surface area contributed by atoms with Gasteiger partial charge in [-0.15, -0.1) is 11.3 Å². The number of hydrogen-bond acceptors (Lipinski definition) is 4. The van der Waals surface area contributed by atoms with Gasteiger partial charge in [-0.1, -0.05) is 12.1 Å². The molecule has 2 aromatic rings. The summed E-state index contributed by atoms with van der Waals surface area (Å²) in [5, 5.41) is 1.97. The fraction of sp³-hybridized carbons (Fsp3) is 0.231. The topological polar surface area (TPSA) is 47.3 Å². The molecule has 0 fully saturated rings. The molecule has 0 saturated carbocycles. The number of alkyl halides is 2. The van der Waals surface area contributed by atoms with Crippen LogP contribution in [0.5, 0.6) is 5.75 Å². The number of ether oxygens (including phenoxy) is 1. The lowest BCUT2D eigenvalue weighted by Gasteiger charge is -2.17. The second kappa shape index (κ2) is 6.10. The standard InChI is InChI=1S/C13H14F2N2OS/c1-8-5-6-19-12(8)11(17-16)9-3-2-4-10(7-9)18-13(14)15/h2-7,11,13,17H,16H2,1H3. The first-order valence-corrected chi connectivity index (χ1v) is 6.54. The van der Waals surface area contributed by atoms with E-state index in [0.29, 0.717) is 0 Å². The Morgan fingerprint density at radius 2 is 2.11 bits per heavy atom. The summed E-state index contributed by atoms with van der Waals surface area (Å²) in [4.78, 5) is 1.05. The van der Waals surface area contributed by atoms with Gasteiger partial charge in [-0.3, -0.25) is 5.84 Å². The molecular formula is C13H14F2N2OS. The van der Waals surface area contributed by atoms with E-state index in [9.17, 15) is 8.78 Å². The van der Waals surface area contributed by atoms with E-state index in [4.69, 9.17) is 5.84 Å². The van der Waals surface area contributed by atoms with Crippen molar-refractivity contribution in [3.63, 3.8) is 0 Å². The summed E-state index contributed by atoms with van der Waals surface area (Å²) in [6, 6.07) is 8.30. The highest BCUT2D eigenvalue weighted by atomic mass is 32.1. The van der Waals surface area contributed by atoms with Gasteiger partial charge in [-0.2, -0.15) is 8.78 Å². The Bertz CT molecular complexity index is 545. The number of halogens is 2. The number of hydrazine groups is 1. The maximum absolute atomic E-state index is 12.2. The first kappa shape index (κ1) is 13.9. The smallest absolute Gasteiger partial charge is 0.387 e. The maximum atomic E-state index is 12.2. The third-order valence-corrected chi connectivity index (χ3v) is 3.83. The first-order valence-electron chi connectivity index (χ1n) is 5.66. The van der Waals surface area contributed by atoms with Gasteiger partial charge in [0.2, 0.25) is 0 Å². The van der Waals surface area contributed by atoms with Gasteiger partial charge in [0.25, 0.3) is 0 Å². The lowest BCUT2D eigenvalue weighted by atomic mass is 10.0. The van der Waals surface area contributed by atoms with Crippen LogP contribution in [-0.4, -0.2) is 6.61 Å². The Morgan fingerprint density at radius 3 is 2.68 bits per heavy atom. The van der Waals surface area contributed by atoms with Crippen LogP contribution >= 0.6 is 11.3 Å². The molecule has 1 heterocycles. The Kier molecular flexibility index (Phi) is 4.47. The van der Waals surface area contributed by atoms with Crippen molar-refractivity contribution < 1.29 is 13.5 Å². The lowest BCUT2D eigenvalue weighted by molar-refractivity contribution is -0.0498. The summed E-state index contributed by atoms with van der Waals surface area (Å²) in [5.74, 6) is 5.71. The summed E-state index contributed by atoms with van der Waals surface area (Å²) in [7, 11) is 0. The summed E-state index contributed by atoms with van der Waals surface area (Å²) in [6.07, 6.45) is 0. The molecule has 3 N–H and O–H groups in total. The maximum Gasteiger partial charge on any atom is 0.387 e. The number of aryl methyl sites for hydroxylation is 1. The van der Waals surface area contributed by atoms with Gasteiger partial charge in [0.1, 0.15) is 5.75 Å². The SMILES string of the molecule is Cc1ccsc1C(NN)c1cccc(OC(F)F)c1. The molecule has 0 amide bonds. The Labute approximate surface area is 114 Å². The molecule has 1 unspecified atom stereocenters. The molecule has 19 heavy (non-hydrogen) atoms. The van der Waals surface area contributed by atoms with Gasteiger partial charge in [0.05, 0.1) is 6.04 Å². The Balaban J connectivity index is 2.31. The van der Waals surface area contributed by atoms with Gasteiger partial charge in [0.15, 0.2) is 0 Å².